The molecule has 1 fully saturated rings. The zero-order valence-electron chi connectivity index (χ0n) is 9.60. The summed E-state index contributed by atoms with van der Waals surface area (Å²) in [7, 11) is 0. The highest BCUT2D eigenvalue weighted by Crippen LogP contribution is 2.25. The van der Waals surface area contributed by atoms with Crippen molar-refractivity contribution >= 4 is 11.3 Å². The van der Waals surface area contributed by atoms with Gasteiger partial charge in [0.1, 0.15) is 0 Å². The van der Waals surface area contributed by atoms with Gasteiger partial charge in [-0.3, -0.25) is 0 Å². The van der Waals surface area contributed by atoms with Crippen LogP contribution in [0.4, 0.5) is 0 Å². The van der Waals surface area contributed by atoms with Crippen molar-refractivity contribution < 1.29 is 0 Å². The molecule has 1 unspecified atom stereocenters. The normalized spacial score (nSPS) is 20.4. The number of thiophene rings is 1. The summed E-state index contributed by atoms with van der Waals surface area (Å²) >= 11 is 1.69. The number of nitrogens with one attached hydrogen (secondary N) is 1. The van der Waals surface area contributed by atoms with Gasteiger partial charge in [-0.05, 0) is 36.9 Å². The van der Waals surface area contributed by atoms with Crippen LogP contribution in [0.25, 0.3) is 10.7 Å². The fourth-order valence-corrected chi connectivity index (χ4v) is 2.89. The molecule has 1 atom stereocenters. The second-order valence-electron chi connectivity index (χ2n) is 4.33. The topological polar surface area (TPSA) is 37.8 Å². The fourth-order valence-electron chi connectivity index (χ4n) is 2.23. The van der Waals surface area contributed by atoms with Gasteiger partial charge in [-0.1, -0.05) is 6.07 Å². The van der Waals surface area contributed by atoms with E-state index >= 15 is 0 Å². The third kappa shape index (κ3) is 2.37. The zero-order chi connectivity index (χ0) is 11.5. The second-order valence-corrected chi connectivity index (χ2v) is 5.27. The van der Waals surface area contributed by atoms with Gasteiger partial charge in [0.15, 0.2) is 5.82 Å². The number of piperidine rings is 1. The number of rotatable bonds is 2. The lowest BCUT2D eigenvalue weighted by Crippen LogP contribution is -2.28. The van der Waals surface area contributed by atoms with E-state index in [2.05, 4.69) is 27.8 Å². The highest BCUT2D eigenvalue weighted by molar-refractivity contribution is 7.13. The molecule has 0 amide bonds. The number of aromatic nitrogens is 2. The first-order valence-corrected chi connectivity index (χ1v) is 6.89. The Balaban J connectivity index is 1.88. The maximum atomic E-state index is 4.70. The van der Waals surface area contributed by atoms with E-state index in [0.29, 0.717) is 5.92 Å². The van der Waals surface area contributed by atoms with Crippen LogP contribution in [0.5, 0.6) is 0 Å². The average molecular weight is 245 g/mol. The Morgan fingerprint density at radius 2 is 2.35 bits per heavy atom. The van der Waals surface area contributed by atoms with Gasteiger partial charge in [0.05, 0.1) is 4.88 Å². The van der Waals surface area contributed by atoms with Gasteiger partial charge in [-0.15, -0.1) is 11.3 Å². The molecule has 4 heteroatoms. The molecule has 1 saturated heterocycles. The van der Waals surface area contributed by atoms with Crippen LogP contribution in [-0.2, 0) is 0 Å². The van der Waals surface area contributed by atoms with Crippen LogP contribution in [0.1, 0.15) is 24.5 Å². The van der Waals surface area contributed by atoms with E-state index in [4.69, 9.17) is 4.98 Å². The summed E-state index contributed by atoms with van der Waals surface area (Å²) in [4.78, 5) is 10.2. The Bertz CT molecular complexity index is 475. The summed E-state index contributed by atoms with van der Waals surface area (Å²) in [5.41, 5.74) is 1.18. The third-order valence-electron chi connectivity index (χ3n) is 3.13. The molecule has 17 heavy (non-hydrogen) atoms. The Kier molecular flexibility index (Phi) is 3.16. The van der Waals surface area contributed by atoms with E-state index < -0.39 is 0 Å². The van der Waals surface area contributed by atoms with Gasteiger partial charge < -0.3 is 5.32 Å². The SMILES string of the molecule is c1csc(-c2nccc(C3CCCNC3)n2)c1. The number of hydrogen-bond acceptors (Lipinski definition) is 4. The number of nitrogens with zero attached hydrogens (tertiary/aromatic N) is 2. The van der Waals surface area contributed by atoms with Crippen LogP contribution in [0.3, 0.4) is 0 Å². The smallest absolute Gasteiger partial charge is 0.169 e. The van der Waals surface area contributed by atoms with Crippen molar-refractivity contribution in [3.05, 3.63) is 35.5 Å². The van der Waals surface area contributed by atoms with Gasteiger partial charge in [-0.25, -0.2) is 9.97 Å². The van der Waals surface area contributed by atoms with E-state index in [1.54, 1.807) is 11.3 Å². The summed E-state index contributed by atoms with van der Waals surface area (Å²) in [6.07, 6.45) is 4.35. The molecule has 2 aromatic rings. The lowest BCUT2D eigenvalue weighted by molar-refractivity contribution is 0.454. The van der Waals surface area contributed by atoms with E-state index in [0.717, 1.165) is 23.8 Å². The minimum Gasteiger partial charge on any atom is -0.316 e. The van der Waals surface area contributed by atoms with Crippen LogP contribution >= 0.6 is 11.3 Å². The molecule has 1 aliphatic rings. The van der Waals surface area contributed by atoms with Crippen LogP contribution in [0.15, 0.2) is 29.8 Å². The maximum absolute atomic E-state index is 4.70. The van der Waals surface area contributed by atoms with Crippen LogP contribution in [0, 0.1) is 0 Å². The van der Waals surface area contributed by atoms with Crippen molar-refractivity contribution in [3.8, 4) is 10.7 Å². The molecular formula is C13H15N3S. The first-order valence-electron chi connectivity index (χ1n) is 6.01. The van der Waals surface area contributed by atoms with E-state index in [1.807, 2.05) is 12.3 Å². The summed E-state index contributed by atoms with van der Waals surface area (Å²) in [6, 6.07) is 6.16. The average Bonchev–Trinajstić information content (AvgIpc) is 2.94. The molecule has 0 radical (unpaired) electrons. The maximum Gasteiger partial charge on any atom is 0.169 e. The van der Waals surface area contributed by atoms with Gasteiger partial charge in [0.25, 0.3) is 0 Å². The second kappa shape index (κ2) is 4.94. The van der Waals surface area contributed by atoms with Gasteiger partial charge in [-0.2, -0.15) is 0 Å². The minimum atomic E-state index is 0.547. The minimum absolute atomic E-state index is 0.547. The molecular weight excluding hydrogens is 230 g/mol. The Morgan fingerprint density at radius 1 is 1.35 bits per heavy atom. The molecule has 1 N–H and O–H groups in total. The van der Waals surface area contributed by atoms with Crippen molar-refractivity contribution in [2.24, 2.45) is 0 Å². The molecule has 0 bridgehead atoms. The van der Waals surface area contributed by atoms with Gasteiger partial charge in [0.2, 0.25) is 0 Å². The molecule has 3 heterocycles. The van der Waals surface area contributed by atoms with Crippen molar-refractivity contribution in [3.63, 3.8) is 0 Å². The van der Waals surface area contributed by atoms with Crippen LogP contribution < -0.4 is 5.32 Å². The molecule has 0 aliphatic carbocycles. The summed E-state index contributed by atoms with van der Waals surface area (Å²) in [5.74, 6) is 1.41. The van der Waals surface area contributed by atoms with E-state index in [9.17, 15) is 0 Å². The molecule has 0 spiro atoms. The number of hydrogen-bond donors (Lipinski definition) is 1. The Labute approximate surface area is 105 Å². The first-order chi connectivity index (χ1) is 8.43. The van der Waals surface area contributed by atoms with Gasteiger partial charge in [0, 0.05) is 24.4 Å². The predicted molar refractivity (Wildman–Crippen MR) is 70.2 cm³/mol. The van der Waals surface area contributed by atoms with Crippen LogP contribution in [0.2, 0.25) is 0 Å². The standard InChI is InChI=1S/C13H15N3S/c1-3-10(9-14-6-1)11-5-7-15-13(16-11)12-4-2-8-17-12/h2,4-5,7-8,10,14H,1,3,6,9H2. The lowest BCUT2D eigenvalue weighted by atomic mass is 9.96. The van der Waals surface area contributed by atoms with Crippen molar-refractivity contribution in [1.29, 1.82) is 0 Å². The monoisotopic (exact) mass is 245 g/mol. The summed E-state index contributed by atoms with van der Waals surface area (Å²) < 4.78 is 0. The largest absolute Gasteiger partial charge is 0.316 e. The van der Waals surface area contributed by atoms with Crippen molar-refractivity contribution in [1.82, 2.24) is 15.3 Å². The molecule has 88 valence electrons. The third-order valence-corrected chi connectivity index (χ3v) is 4.00. The fraction of sp³-hybridized carbons (Fsp3) is 0.385. The molecule has 1 aliphatic heterocycles. The summed E-state index contributed by atoms with van der Waals surface area (Å²) in [5, 5.41) is 5.49. The predicted octanol–water partition coefficient (Wildman–Crippen LogP) is 2.67. The molecule has 2 aromatic heterocycles. The van der Waals surface area contributed by atoms with Crippen LogP contribution in [-0.4, -0.2) is 23.1 Å². The molecule has 0 saturated carbocycles. The van der Waals surface area contributed by atoms with E-state index in [-0.39, 0.29) is 0 Å². The zero-order valence-corrected chi connectivity index (χ0v) is 10.4. The first kappa shape index (κ1) is 10.9. The highest BCUT2D eigenvalue weighted by Gasteiger charge is 2.17. The summed E-state index contributed by atoms with van der Waals surface area (Å²) in [6.45, 7) is 2.18. The van der Waals surface area contributed by atoms with Crippen molar-refractivity contribution in [2.75, 3.05) is 13.1 Å². The van der Waals surface area contributed by atoms with Gasteiger partial charge >= 0.3 is 0 Å². The highest BCUT2D eigenvalue weighted by atomic mass is 32.1. The quantitative estimate of drug-likeness (QED) is 0.884. The van der Waals surface area contributed by atoms with Crippen molar-refractivity contribution in [2.45, 2.75) is 18.8 Å². The lowest BCUT2D eigenvalue weighted by Gasteiger charge is -2.22. The molecule has 3 nitrogen and oxygen atoms in total. The van der Waals surface area contributed by atoms with E-state index in [1.165, 1.54) is 18.5 Å². The molecule has 0 aromatic carbocycles. The molecule has 3 rings (SSSR count). The Morgan fingerprint density at radius 3 is 3.12 bits per heavy atom. The Hall–Kier alpha value is -1.26.